The molecule has 1 N–H and O–H groups in total. The van der Waals surface area contributed by atoms with Gasteiger partial charge in [-0.25, -0.2) is 8.42 Å². The molecule has 0 saturated heterocycles. The van der Waals surface area contributed by atoms with Crippen molar-refractivity contribution in [3.63, 3.8) is 0 Å². The minimum absolute atomic E-state index is 0.207. The van der Waals surface area contributed by atoms with E-state index in [2.05, 4.69) is 31.3 Å². The Hall–Kier alpha value is -0.870. The van der Waals surface area contributed by atoms with Crippen LogP contribution in [-0.2, 0) is 9.84 Å². The Balaban J connectivity index is 2.61. The van der Waals surface area contributed by atoms with Crippen molar-refractivity contribution in [3.8, 4) is 0 Å². The van der Waals surface area contributed by atoms with E-state index in [4.69, 9.17) is 0 Å². The van der Waals surface area contributed by atoms with Gasteiger partial charge in [-0.2, -0.15) is 0 Å². The van der Waals surface area contributed by atoms with E-state index in [9.17, 15) is 8.42 Å². The summed E-state index contributed by atoms with van der Waals surface area (Å²) in [5.74, 6) is 0.850. The molecule has 0 aliphatic heterocycles. The second kappa shape index (κ2) is 6.90. The first-order valence-electron chi connectivity index (χ1n) is 6.45. The van der Waals surface area contributed by atoms with Gasteiger partial charge in [0.05, 0.1) is 5.75 Å². The zero-order valence-electron chi connectivity index (χ0n) is 11.4. The minimum atomic E-state index is -2.89. The average Bonchev–Trinajstić information content (AvgIpc) is 2.35. The Kier molecular flexibility index (Phi) is 5.82. The molecule has 0 fully saturated rings. The number of hydrogen-bond donors (Lipinski definition) is 1. The summed E-state index contributed by atoms with van der Waals surface area (Å²) in [7, 11) is -2.89. The first-order valence-corrected chi connectivity index (χ1v) is 8.27. The van der Waals surface area contributed by atoms with Gasteiger partial charge in [0.25, 0.3) is 0 Å². The molecule has 4 heteroatoms. The highest BCUT2D eigenvalue weighted by Crippen LogP contribution is 2.20. The van der Waals surface area contributed by atoms with E-state index in [-0.39, 0.29) is 17.5 Å². The molecular weight excluding hydrogens is 246 g/mol. The van der Waals surface area contributed by atoms with Crippen molar-refractivity contribution in [2.24, 2.45) is 5.92 Å². The van der Waals surface area contributed by atoms with Crippen molar-refractivity contribution < 1.29 is 8.42 Å². The van der Waals surface area contributed by atoms with Gasteiger partial charge in [-0.05, 0) is 11.5 Å². The van der Waals surface area contributed by atoms with Crippen molar-refractivity contribution >= 4 is 9.84 Å². The van der Waals surface area contributed by atoms with Crippen LogP contribution in [0.1, 0.15) is 32.4 Å². The van der Waals surface area contributed by atoms with Crippen LogP contribution in [0.2, 0.25) is 0 Å². The average molecular weight is 269 g/mol. The van der Waals surface area contributed by atoms with Gasteiger partial charge in [0, 0.05) is 18.3 Å². The molecule has 1 unspecified atom stereocenters. The molecule has 0 amide bonds. The maximum atomic E-state index is 11.4. The molecule has 0 bridgehead atoms. The summed E-state index contributed by atoms with van der Waals surface area (Å²) in [4.78, 5) is 0. The van der Waals surface area contributed by atoms with E-state index < -0.39 is 9.84 Å². The number of rotatable bonds is 7. The fraction of sp³-hybridized carbons (Fsp3) is 0.571. The lowest BCUT2D eigenvalue weighted by molar-refractivity contribution is 0.421. The Morgan fingerprint density at radius 1 is 1.17 bits per heavy atom. The second-order valence-corrected chi connectivity index (χ2v) is 7.30. The van der Waals surface area contributed by atoms with Crippen LogP contribution in [0.15, 0.2) is 30.3 Å². The first kappa shape index (κ1) is 15.2. The zero-order valence-corrected chi connectivity index (χ0v) is 12.2. The summed E-state index contributed by atoms with van der Waals surface area (Å²) in [5, 5.41) is 3.35. The third-order valence-corrected chi connectivity index (χ3v) is 4.75. The summed E-state index contributed by atoms with van der Waals surface area (Å²) >= 11 is 0. The predicted octanol–water partition coefficient (Wildman–Crippen LogP) is 2.41. The summed E-state index contributed by atoms with van der Waals surface area (Å²) in [6, 6.07) is 10.4. The fourth-order valence-corrected chi connectivity index (χ4v) is 2.63. The third-order valence-electron chi connectivity index (χ3n) is 3.04. The van der Waals surface area contributed by atoms with Crippen molar-refractivity contribution in [1.29, 1.82) is 0 Å². The first-order chi connectivity index (χ1) is 8.46. The molecule has 18 heavy (non-hydrogen) atoms. The number of hydrogen-bond acceptors (Lipinski definition) is 3. The summed E-state index contributed by atoms with van der Waals surface area (Å²) < 4.78 is 22.9. The maximum Gasteiger partial charge on any atom is 0.151 e. The molecule has 0 aromatic heterocycles. The Morgan fingerprint density at radius 2 is 1.78 bits per heavy atom. The van der Waals surface area contributed by atoms with Crippen molar-refractivity contribution in [3.05, 3.63) is 35.9 Å². The van der Waals surface area contributed by atoms with Crippen LogP contribution in [0.5, 0.6) is 0 Å². The number of benzene rings is 1. The van der Waals surface area contributed by atoms with Crippen LogP contribution in [0, 0.1) is 5.92 Å². The Labute approximate surface area is 111 Å². The fourth-order valence-electron chi connectivity index (χ4n) is 1.91. The molecule has 0 heterocycles. The standard InChI is InChI=1S/C14H23NO2S/c1-4-18(16,17)11-10-15-14(12(2)3)13-8-6-5-7-9-13/h5-9,12,14-15H,4,10-11H2,1-3H3. The van der Waals surface area contributed by atoms with Crippen LogP contribution < -0.4 is 5.32 Å². The predicted molar refractivity (Wildman–Crippen MR) is 76.4 cm³/mol. The topological polar surface area (TPSA) is 46.2 Å². The lowest BCUT2D eigenvalue weighted by atomic mass is 9.96. The Morgan fingerprint density at radius 3 is 2.28 bits per heavy atom. The van der Waals surface area contributed by atoms with Gasteiger partial charge in [0.2, 0.25) is 0 Å². The van der Waals surface area contributed by atoms with Crippen LogP contribution in [0.4, 0.5) is 0 Å². The molecule has 0 aliphatic carbocycles. The molecule has 1 aromatic carbocycles. The van der Waals surface area contributed by atoms with Crippen molar-refractivity contribution in [2.75, 3.05) is 18.1 Å². The zero-order chi connectivity index (χ0) is 13.6. The molecule has 0 spiro atoms. The lowest BCUT2D eigenvalue weighted by Crippen LogP contribution is -2.30. The van der Waals surface area contributed by atoms with Gasteiger partial charge in [-0.15, -0.1) is 0 Å². The van der Waals surface area contributed by atoms with Crippen LogP contribution >= 0.6 is 0 Å². The van der Waals surface area contributed by atoms with E-state index in [1.165, 1.54) is 5.56 Å². The molecule has 0 aliphatic rings. The molecule has 102 valence electrons. The van der Waals surface area contributed by atoms with Gasteiger partial charge >= 0.3 is 0 Å². The van der Waals surface area contributed by atoms with E-state index in [1.54, 1.807) is 6.92 Å². The van der Waals surface area contributed by atoms with E-state index in [1.807, 2.05) is 18.2 Å². The van der Waals surface area contributed by atoms with Crippen molar-refractivity contribution in [2.45, 2.75) is 26.8 Å². The summed E-state index contributed by atoms with van der Waals surface area (Å²) in [6.45, 7) is 6.47. The molecule has 1 rings (SSSR count). The highest BCUT2D eigenvalue weighted by atomic mass is 32.2. The van der Waals surface area contributed by atoms with Crippen molar-refractivity contribution in [1.82, 2.24) is 5.32 Å². The van der Waals surface area contributed by atoms with Crippen LogP contribution in [-0.4, -0.2) is 26.5 Å². The van der Waals surface area contributed by atoms with Gasteiger partial charge in [-0.1, -0.05) is 51.1 Å². The van der Waals surface area contributed by atoms with E-state index in [0.717, 1.165) is 0 Å². The smallest absolute Gasteiger partial charge is 0.151 e. The van der Waals surface area contributed by atoms with Gasteiger partial charge < -0.3 is 5.32 Å². The third kappa shape index (κ3) is 4.78. The maximum absolute atomic E-state index is 11.4. The van der Waals surface area contributed by atoms with Gasteiger partial charge in [0.1, 0.15) is 0 Å². The number of nitrogens with one attached hydrogen (secondary N) is 1. The Bertz CT molecular complexity index is 440. The second-order valence-electron chi connectivity index (χ2n) is 4.82. The highest BCUT2D eigenvalue weighted by Gasteiger charge is 2.16. The van der Waals surface area contributed by atoms with Gasteiger partial charge in [0.15, 0.2) is 9.84 Å². The van der Waals surface area contributed by atoms with E-state index in [0.29, 0.717) is 12.5 Å². The molecule has 0 saturated carbocycles. The molecule has 0 radical (unpaired) electrons. The molecule has 3 nitrogen and oxygen atoms in total. The summed E-state index contributed by atoms with van der Waals surface area (Å²) in [5.41, 5.74) is 1.21. The molecule has 1 aromatic rings. The largest absolute Gasteiger partial charge is 0.309 e. The summed E-state index contributed by atoms with van der Waals surface area (Å²) in [6.07, 6.45) is 0. The molecular formula is C14H23NO2S. The van der Waals surface area contributed by atoms with E-state index >= 15 is 0 Å². The minimum Gasteiger partial charge on any atom is -0.309 e. The highest BCUT2D eigenvalue weighted by molar-refractivity contribution is 7.91. The quantitative estimate of drug-likeness (QED) is 0.827. The monoisotopic (exact) mass is 269 g/mol. The number of sulfone groups is 1. The lowest BCUT2D eigenvalue weighted by Gasteiger charge is -2.23. The van der Waals surface area contributed by atoms with Gasteiger partial charge in [-0.3, -0.25) is 0 Å². The van der Waals surface area contributed by atoms with Crippen LogP contribution in [0.3, 0.4) is 0 Å². The SMILES string of the molecule is CCS(=O)(=O)CCNC(c1ccccc1)C(C)C. The molecule has 1 atom stereocenters. The normalized spacial score (nSPS) is 13.8. The van der Waals surface area contributed by atoms with Crippen LogP contribution in [0.25, 0.3) is 0 Å².